The predicted molar refractivity (Wildman–Crippen MR) is 108 cm³/mol. The van der Waals surface area contributed by atoms with Gasteiger partial charge in [-0.1, -0.05) is 32.0 Å². The molecule has 1 aromatic rings. The fourth-order valence-corrected chi connectivity index (χ4v) is 6.10. The molecular formula is C24H34O4. The maximum absolute atomic E-state index is 12.6. The topological polar surface area (TPSA) is 44.8 Å². The van der Waals surface area contributed by atoms with Crippen molar-refractivity contribution < 1.29 is 19.0 Å². The Hall–Kier alpha value is -1.39. The first-order valence-corrected chi connectivity index (χ1v) is 11.0. The Labute approximate surface area is 168 Å². The fraction of sp³-hybridized carbons (Fsp3) is 0.708. The van der Waals surface area contributed by atoms with E-state index in [-0.39, 0.29) is 29.9 Å². The third-order valence-electron chi connectivity index (χ3n) is 7.64. The van der Waals surface area contributed by atoms with E-state index in [0.717, 1.165) is 32.3 Å². The zero-order valence-corrected chi connectivity index (χ0v) is 17.4. The highest BCUT2D eigenvalue weighted by molar-refractivity contribution is 5.89. The second kappa shape index (κ2) is 8.16. The summed E-state index contributed by atoms with van der Waals surface area (Å²) in [6.07, 6.45) is 6.77. The Morgan fingerprint density at radius 3 is 2.71 bits per heavy atom. The van der Waals surface area contributed by atoms with E-state index in [1.54, 1.807) is 0 Å². The zero-order chi connectivity index (χ0) is 19.7. The first-order chi connectivity index (χ1) is 13.5. The lowest BCUT2D eigenvalue weighted by atomic mass is 9.61. The lowest BCUT2D eigenvalue weighted by Gasteiger charge is -2.47. The van der Waals surface area contributed by atoms with Crippen LogP contribution in [-0.2, 0) is 14.2 Å². The van der Waals surface area contributed by atoms with E-state index in [1.807, 2.05) is 30.3 Å². The molecule has 4 rings (SSSR count). The van der Waals surface area contributed by atoms with Crippen LogP contribution in [0, 0.1) is 23.2 Å². The van der Waals surface area contributed by atoms with Crippen molar-refractivity contribution in [2.45, 2.75) is 77.8 Å². The van der Waals surface area contributed by atoms with E-state index in [0.29, 0.717) is 23.3 Å². The molecule has 0 N–H and O–H groups in total. The minimum atomic E-state index is -0.181. The van der Waals surface area contributed by atoms with Crippen LogP contribution in [0.3, 0.4) is 0 Å². The van der Waals surface area contributed by atoms with Crippen molar-refractivity contribution in [3.63, 3.8) is 0 Å². The molecule has 1 aromatic carbocycles. The molecule has 1 aliphatic heterocycles. The molecule has 1 saturated heterocycles. The van der Waals surface area contributed by atoms with E-state index in [2.05, 4.69) is 20.8 Å². The molecule has 154 valence electrons. The van der Waals surface area contributed by atoms with Crippen molar-refractivity contribution in [2.24, 2.45) is 23.2 Å². The van der Waals surface area contributed by atoms with Crippen LogP contribution < -0.4 is 0 Å². The van der Waals surface area contributed by atoms with Crippen LogP contribution in [0.1, 0.15) is 69.7 Å². The number of rotatable bonds is 4. The van der Waals surface area contributed by atoms with Gasteiger partial charge in [-0.25, -0.2) is 4.79 Å². The zero-order valence-electron chi connectivity index (χ0n) is 17.4. The average Bonchev–Trinajstić information content (AvgIpc) is 3.06. The summed E-state index contributed by atoms with van der Waals surface area (Å²) in [7, 11) is 0. The molecule has 0 aromatic heterocycles. The molecule has 0 bridgehead atoms. The normalized spacial score (nSPS) is 39.2. The van der Waals surface area contributed by atoms with Gasteiger partial charge in [0.1, 0.15) is 6.10 Å². The number of ether oxygens (including phenoxy) is 3. The SMILES string of the molecule is C[C@H]([C@H]1OCC[C@@H](C)O1)[C@H]1CC[C@H]2[C@@H](OC(=O)c3ccccc3)CCC[C@]12C. The molecular weight excluding hydrogens is 352 g/mol. The molecule has 7 atom stereocenters. The molecule has 0 amide bonds. The number of hydrogen-bond acceptors (Lipinski definition) is 4. The molecule has 0 unspecified atom stereocenters. The highest BCUT2D eigenvalue weighted by Crippen LogP contribution is 2.59. The Morgan fingerprint density at radius 1 is 1.18 bits per heavy atom. The van der Waals surface area contributed by atoms with Crippen LogP contribution in [0.25, 0.3) is 0 Å². The van der Waals surface area contributed by atoms with Gasteiger partial charge < -0.3 is 14.2 Å². The summed E-state index contributed by atoms with van der Waals surface area (Å²) in [5, 5.41) is 0. The van der Waals surface area contributed by atoms with Gasteiger partial charge in [0.25, 0.3) is 0 Å². The minimum Gasteiger partial charge on any atom is -0.458 e. The highest BCUT2D eigenvalue weighted by Gasteiger charge is 2.55. The molecule has 2 aliphatic carbocycles. The lowest BCUT2D eigenvalue weighted by molar-refractivity contribution is -0.242. The summed E-state index contributed by atoms with van der Waals surface area (Å²) in [5.41, 5.74) is 0.836. The minimum absolute atomic E-state index is 0.0239. The molecule has 0 radical (unpaired) electrons. The van der Waals surface area contributed by atoms with E-state index < -0.39 is 0 Å². The fourth-order valence-electron chi connectivity index (χ4n) is 6.10. The van der Waals surface area contributed by atoms with Crippen molar-refractivity contribution in [1.82, 2.24) is 0 Å². The molecule has 1 heterocycles. The summed E-state index contributed by atoms with van der Waals surface area (Å²) in [6.45, 7) is 7.64. The summed E-state index contributed by atoms with van der Waals surface area (Å²) in [6, 6.07) is 9.37. The maximum Gasteiger partial charge on any atom is 0.338 e. The van der Waals surface area contributed by atoms with E-state index in [4.69, 9.17) is 14.2 Å². The molecule has 0 spiro atoms. The van der Waals surface area contributed by atoms with Crippen LogP contribution in [0.4, 0.5) is 0 Å². The number of esters is 1. The van der Waals surface area contributed by atoms with Gasteiger partial charge in [0.2, 0.25) is 0 Å². The van der Waals surface area contributed by atoms with Gasteiger partial charge in [0, 0.05) is 11.8 Å². The van der Waals surface area contributed by atoms with Gasteiger partial charge in [-0.15, -0.1) is 0 Å². The second-order valence-corrected chi connectivity index (χ2v) is 9.33. The molecule has 4 heteroatoms. The smallest absolute Gasteiger partial charge is 0.338 e. The van der Waals surface area contributed by atoms with Crippen LogP contribution in [-0.4, -0.2) is 31.1 Å². The number of fused-ring (bicyclic) bond motifs is 1. The molecule has 3 aliphatic rings. The summed E-state index contributed by atoms with van der Waals surface area (Å²) >= 11 is 0. The summed E-state index contributed by atoms with van der Waals surface area (Å²) in [5.74, 6) is 1.16. The first-order valence-electron chi connectivity index (χ1n) is 11.0. The van der Waals surface area contributed by atoms with Crippen LogP contribution in [0.2, 0.25) is 0 Å². The van der Waals surface area contributed by atoms with E-state index in [9.17, 15) is 4.79 Å². The molecule has 2 saturated carbocycles. The van der Waals surface area contributed by atoms with Gasteiger partial charge in [-0.05, 0) is 68.9 Å². The van der Waals surface area contributed by atoms with E-state index in [1.165, 1.54) is 12.8 Å². The van der Waals surface area contributed by atoms with Gasteiger partial charge in [-0.3, -0.25) is 0 Å². The van der Waals surface area contributed by atoms with Gasteiger partial charge in [0.05, 0.1) is 18.3 Å². The van der Waals surface area contributed by atoms with E-state index >= 15 is 0 Å². The molecule has 4 nitrogen and oxygen atoms in total. The standard InChI is InChI=1S/C24H34O4/c1-16-13-15-26-23(27-16)17(2)19-11-12-20-21(10-7-14-24(19,20)3)28-22(25)18-8-5-4-6-9-18/h4-6,8-9,16-17,19-21,23H,7,10-15H2,1-3H3/t16-,17+,19-,20+,21+,23+,24-/m1/s1. The van der Waals surface area contributed by atoms with Gasteiger partial charge >= 0.3 is 5.97 Å². The van der Waals surface area contributed by atoms with Crippen molar-refractivity contribution in [1.29, 1.82) is 0 Å². The summed E-state index contributed by atoms with van der Waals surface area (Å²) < 4.78 is 18.2. The van der Waals surface area contributed by atoms with Crippen LogP contribution in [0.5, 0.6) is 0 Å². The van der Waals surface area contributed by atoms with Crippen molar-refractivity contribution in [3.8, 4) is 0 Å². The third kappa shape index (κ3) is 3.73. The predicted octanol–water partition coefficient (Wildman–Crippen LogP) is 5.22. The molecule has 3 fully saturated rings. The monoisotopic (exact) mass is 386 g/mol. The lowest BCUT2D eigenvalue weighted by Crippen LogP contribution is -2.46. The Balaban J connectivity index is 1.46. The Kier molecular flexibility index (Phi) is 5.80. The third-order valence-corrected chi connectivity index (χ3v) is 7.64. The number of hydrogen-bond donors (Lipinski definition) is 0. The van der Waals surface area contributed by atoms with Crippen LogP contribution in [0.15, 0.2) is 30.3 Å². The Morgan fingerprint density at radius 2 is 1.96 bits per heavy atom. The van der Waals surface area contributed by atoms with Crippen molar-refractivity contribution in [2.75, 3.05) is 6.61 Å². The largest absolute Gasteiger partial charge is 0.458 e. The molecule has 28 heavy (non-hydrogen) atoms. The maximum atomic E-state index is 12.6. The highest BCUT2D eigenvalue weighted by atomic mass is 16.7. The quantitative estimate of drug-likeness (QED) is 0.666. The van der Waals surface area contributed by atoms with Crippen molar-refractivity contribution >= 4 is 5.97 Å². The van der Waals surface area contributed by atoms with Crippen LogP contribution >= 0.6 is 0 Å². The second-order valence-electron chi connectivity index (χ2n) is 9.33. The number of benzene rings is 1. The Bertz CT molecular complexity index is 674. The van der Waals surface area contributed by atoms with Gasteiger partial charge in [0.15, 0.2) is 6.29 Å². The number of carbonyl (C=O) groups is 1. The van der Waals surface area contributed by atoms with Gasteiger partial charge in [-0.2, -0.15) is 0 Å². The number of carbonyl (C=O) groups excluding carboxylic acids is 1. The summed E-state index contributed by atoms with van der Waals surface area (Å²) in [4.78, 5) is 12.6. The first kappa shape index (κ1) is 19.9. The average molecular weight is 387 g/mol. The van der Waals surface area contributed by atoms with Crippen molar-refractivity contribution in [3.05, 3.63) is 35.9 Å².